The Hall–Kier alpha value is -1.95. The molecule has 2 amide bonds. The summed E-state index contributed by atoms with van der Waals surface area (Å²) in [4.78, 5) is 26.3. The highest BCUT2D eigenvalue weighted by atomic mass is 19.1. The Bertz CT molecular complexity index is 602. The Balaban J connectivity index is 2.03. The summed E-state index contributed by atoms with van der Waals surface area (Å²) in [7, 11) is 1.61. The van der Waals surface area contributed by atoms with E-state index in [9.17, 15) is 19.1 Å². The predicted octanol–water partition coefficient (Wildman–Crippen LogP) is 1.81. The fourth-order valence-corrected chi connectivity index (χ4v) is 2.62. The van der Waals surface area contributed by atoms with Crippen molar-refractivity contribution in [2.24, 2.45) is 11.8 Å². The summed E-state index contributed by atoms with van der Waals surface area (Å²) < 4.78 is 13.7. The average Bonchev–Trinajstić information content (AvgIpc) is 3.36. The molecular formula is C18H25FN2O3. The summed E-state index contributed by atoms with van der Waals surface area (Å²) in [6.07, 6.45) is 1.44. The lowest BCUT2D eigenvalue weighted by molar-refractivity contribution is -0.134. The molecule has 0 aromatic heterocycles. The summed E-state index contributed by atoms with van der Waals surface area (Å²) in [5.41, 5.74) is -0.0865. The Morgan fingerprint density at radius 1 is 1.33 bits per heavy atom. The lowest BCUT2D eigenvalue weighted by atomic mass is 10.0. The number of nitrogens with one attached hydrogen (secondary N) is 1. The van der Waals surface area contributed by atoms with E-state index in [2.05, 4.69) is 5.32 Å². The van der Waals surface area contributed by atoms with Gasteiger partial charge in [0.05, 0.1) is 11.7 Å². The lowest BCUT2D eigenvalue weighted by Crippen LogP contribution is -2.51. The molecule has 1 aliphatic rings. The number of halogens is 1. The van der Waals surface area contributed by atoms with E-state index >= 15 is 0 Å². The first-order chi connectivity index (χ1) is 11.3. The van der Waals surface area contributed by atoms with Gasteiger partial charge in [-0.15, -0.1) is 0 Å². The second-order valence-electron chi connectivity index (χ2n) is 6.80. The Labute approximate surface area is 141 Å². The molecule has 2 rings (SSSR count). The number of carbonyl (C=O) groups is 2. The smallest absolute Gasteiger partial charge is 0.254 e. The summed E-state index contributed by atoms with van der Waals surface area (Å²) in [5.74, 6) is -1.41. The van der Waals surface area contributed by atoms with Crippen LogP contribution in [0.5, 0.6) is 0 Å². The minimum Gasteiger partial charge on any atom is -0.391 e. The van der Waals surface area contributed by atoms with Crippen LogP contribution in [-0.4, -0.2) is 47.6 Å². The van der Waals surface area contributed by atoms with Crippen LogP contribution in [0.2, 0.25) is 0 Å². The number of benzene rings is 1. The van der Waals surface area contributed by atoms with Gasteiger partial charge in [0.15, 0.2) is 0 Å². The molecular weight excluding hydrogens is 311 g/mol. The molecule has 132 valence electrons. The maximum absolute atomic E-state index is 13.7. The van der Waals surface area contributed by atoms with Crippen molar-refractivity contribution in [2.45, 2.75) is 38.8 Å². The number of amides is 2. The van der Waals surface area contributed by atoms with Gasteiger partial charge >= 0.3 is 0 Å². The highest BCUT2D eigenvalue weighted by Gasteiger charge is 2.33. The van der Waals surface area contributed by atoms with Gasteiger partial charge in [-0.2, -0.15) is 0 Å². The molecule has 24 heavy (non-hydrogen) atoms. The Kier molecular flexibility index (Phi) is 5.94. The molecule has 5 nitrogen and oxygen atoms in total. The van der Waals surface area contributed by atoms with Crippen molar-refractivity contribution in [3.05, 3.63) is 35.6 Å². The first-order valence-electron chi connectivity index (χ1n) is 8.29. The number of rotatable bonds is 7. The van der Waals surface area contributed by atoms with Crippen LogP contribution in [0.3, 0.4) is 0 Å². The van der Waals surface area contributed by atoms with Gasteiger partial charge in [0, 0.05) is 13.6 Å². The molecule has 2 N–H and O–H groups in total. The van der Waals surface area contributed by atoms with Crippen molar-refractivity contribution >= 4 is 11.8 Å². The summed E-state index contributed by atoms with van der Waals surface area (Å²) in [6, 6.07) is 4.90. The fraction of sp³-hybridized carbons (Fsp3) is 0.556. The lowest BCUT2D eigenvalue weighted by Gasteiger charge is -2.28. The second-order valence-corrected chi connectivity index (χ2v) is 6.80. The number of aliphatic hydroxyl groups excluding tert-OH is 1. The van der Waals surface area contributed by atoms with E-state index in [1.807, 2.05) is 13.8 Å². The molecule has 1 aliphatic carbocycles. The first-order valence-corrected chi connectivity index (χ1v) is 8.29. The van der Waals surface area contributed by atoms with Crippen molar-refractivity contribution in [1.82, 2.24) is 10.2 Å². The molecule has 2 unspecified atom stereocenters. The topological polar surface area (TPSA) is 69.6 Å². The number of nitrogens with zero attached hydrogens (tertiary/aromatic N) is 1. The Morgan fingerprint density at radius 2 is 1.96 bits per heavy atom. The van der Waals surface area contributed by atoms with Crippen LogP contribution in [0.1, 0.15) is 37.0 Å². The minimum atomic E-state index is -0.770. The highest BCUT2D eigenvalue weighted by molar-refractivity contribution is 5.97. The van der Waals surface area contributed by atoms with Gasteiger partial charge in [0.2, 0.25) is 5.91 Å². The van der Waals surface area contributed by atoms with E-state index in [0.717, 1.165) is 12.8 Å². The zero-order valence-electron chi connectivity index (χ0n) is 14.3. The third kappa shape index (κ3) is 4.54. The van der Waals surface area contributed by atoms with Crippen LogP contribution in [0.25, 0.3) is 0 Å². The van der Waals surface area contributed by atoms with Crippen LogP contribution >= 0.6 is 0 Å². The quantitative estimate of drug-likeness (QED) is 0.798. The summed E-state index contributed by atoms with van der Waals surface area (Å²) in [6.45, 7) is 3.87. The van der Waals surface area contributed by atoms with E-state index in [-0.39, 0.29) is 29.9 Å². The fourth-order valence-electron chi connectivity index (χ4n) is 2.62. The van der Waals surface area contributed by atoms with Crippen molar-refractivity contribution in [3.63, 3.8) is 0 Å². The number of carbonyl (C=O) groups excluding carboxylic acids is 2. The summed E-state index contributed by atoms with van der Waals surface area (Å²) >= 11 is 0. The van der Waals surface area contributed by atoms with E-state index < -0.39 is 23.9 Å². The monoisotopic (exact) mass is 336 g/mol. The molecule has 2 atom stereocenters. The van der Waals surface area contributed by atoms with Crippen LogP contribution in [-0.2, 0) is 4.79 Å². The zero-order chi connectivity index (χ0) is 17.9. The molecule has 6 heteroatoms. The highest BCUT2D eigenvalue weighted by Crippen LogP contribution is 2.32. The molecule has 0 aliphatic heterocycles. The van der Waals surface area contributed by atoms with Gasteiger partial charge in [-0.1, -0.05) is 26.0 Å². The molecule has 1 saturated carbocycles. The maximum atomic E-state index is 13.7. The zero-order valence-corrected chi connectivity index (χ0v) is 14.3. The molecule has 0 saturated heterocycles. The molecule has 0 radical (unpaired) electrons. The molecule has 0 spiro atoms. The average molecular weight is 336 g/mol. The molecule has 0 heterocycles. The number of hydrogen-bond donors (Lipinski definition) is 2. The minimum absolute atomic E-state index is 0.0865. The van der Waals surface area contributed by atoms with Crippen LogP contribution in [0.15, 0.2) is 24.3 Å². The van der Waals surface area contributed by atoms with Crippen LogP contribution in [0.4, 0.5) is 4.39 Å². The predicted molar refractivity (Wildman–Crippen MR) is 88.9 cm³/mol. The van der Waals surface area contributed by atoms with E-state index in [1.165, 1.54) is 23.1 Å². The maximum Gasteiger partial charge on any atom is 0.254 e. The number of likely N-dealkylation sites (N-methyl/N-ethyl adjacent to an activating group) is 1. The van der Waals surface area contributed by atoms with Crippen LogP contribution in [0, 0.1) is 17.7 Å². The van der Waals surface area contributed by atoms with Crippen molar-refractivity contribution in [1.29, 1.82) is 0 Å². The largest absolute Gasteiger partial charge is 0.391 e. The van der Waals surface area contributed by atoms with Gasteiger partial charge in [0.25, 0.3) is 5.91 Å². The van der Waals surface area contributed by atoms with Crippen molar-refractivity contribution < 1.29 is 19.1 Å². The van der Waals surface area contributed by atoms with Crippen molar-refractivity contribution in [3.8, 4) is 0 Å². The van der Waals surface area contributed by atoms with Gasteiger partial charge in [-0.3, -0.25) is 9.59 Å². The molecule has 0 bridgehead atoms. The van der Waals surface area contributed by atoms with Gasteiger partial charge < -0.3 is 15.3 Å². The van der Waals surface area contributed by atoms with Crippen molar-refractivity contribution in [2.75, 3.05) is 13.6 Å². The SMILES string of the molecule is CC(C)C(NC(=O)c1ccccc1F)C(=O)N(C)CC(O)C1CC1. The third-order valence-electron chi connectivity index (χ3n) is 4.34. The third-order valence-corrected chi connectivity index (χ3v) is 4.34. The number of hydrogen-bond acceptors (Lipinski definition) is 3. The van der Waals surface area contributed by atoms with Crippen LogP contribution < -0.4 is 5.32 Å². The van der Waals surface area contributed by atoms with E-state index in [0.29, 0.717) is 0 Å². The molecule has 1 aromatic rings. The first kappa shape index (κ1) is 18.4. The number of aliphatic hydroxyl groups is 1. The van der Waals surface area contributed by atoms with Gasteiger partial charge in [-0.25, -0.2) is 4.39 Å². The second kappa shape index (κ2) is 7.75. The van der Waals surface area contributed by atoms with E-state index in [1.54, 1.807) is 13.1 Å². The normalized spacial score (nSPS) is 16.6. The van der Waals surface area contributed by atoms with Gasteiger partial charge in [-0.05, 0) is 36.8 Å². The molecule has 1 fully saturated rings. The standard InChI is InChI=1S/C18H25FN2O3/c1-11(2)16(18(24)21(3)10-15(22)12-8-9-12)20-17(23)13-6-4-5-7-14(13)19/h4-7,11-12,15-16,22H,8-10H2,1-3H3,(H,20,23). The summed E-state index contributed by atoms with van der Waals surface area (Å²) in [5, 5.41) is 12.6. The molecule has 1 aromatic carbocycles. The Morgan fingerprint density at radius 3 is 2.50 bits per heavy atom. The van der Waals surface area contributed by atoms with Gasteiger partial charge in [0.1, 0.15) is 11.9 Å². The van der Waals surface area contributed by atoms with E-state index in [4.69, 9.17) is 0 Å².